The highest BCUT2D eigenvalue weighted by Gasteiger charge is 2.19. The molecule has 136 valence electrons. The molecule has 26 heavy (non-hydrogen) atoms. The molecule has 2 heterocycles. The summed E-state index contributed by atoms with van der Waals surface area (Å²) in [5, 5.41) is 7.92. The van der Waals surface area contributed by atoms with Crippen LogP contribution in [0.3, 0.4) is 0 Å². The van der Waals surface area contributed by atoms with Gasteiger partial charge in [-0.2, -0.15) is 5.10 Å². The molecule has 0 radical (unpaired) electrons. The fourth-order valence-electron chi connectivity index (χ4n) is 2.10. The quantitative estimate of drug-likeness (QED) is 0.646. The van der Waals surface area contributed by atoms with E-state index in [9.17, 15) is 22.0 Å². The number of benzene rings is 1. The van der Waals surface area contributed by atoms with Gasteiger partial charge in [0.2, 0.25) is 10.0 Å². The number of nitrogens with one attached hydrogen (secondary N) is 1. The first kappa shape index (κ1) is 17.8. The normalized spacial score (nSPS) is 11.6. The summed E-state index contributed by atoms with van der Waals surface area (Å²) in [6.07, 6.45) is 2.68. The molecule has 0 aliphatic rings. The van der Waals surface area contributed by atoms with Crippen LogP contribution in [-0.2, 0) is 16.6 Å². The topological polar surface area (TPSA) is 112 Å². The number of sulfonamides is 1. The predicted octanol–water partition coefficient (Wildman–Crippen LogP) is 0.0807. The van der Waals surface area contributed by atoms with Crippen LogP contribution >= 0.6 is 0 Å². The van der Waals surface area contributed by atoms with E-state index in [1.54, 1.807) is 0 Å². The zero-order valence-electron chi connectivity index (χ0n) is 13.1. The van der Waals surface area contributed by atoms with E-state index in [-0.39, 0.29) is 13.1 Å². The number of aromatic nitrogens is 5. The van der Waals surface area contributed by atoms with Crippen molar-refractivity contribution in [2.75, 3.05) is 6.54 Å². The van der Waals surface area contributed by atoms with E-state index < -0.39 is 32.1 Å². The molecule has 3 aromatic rings. The maximum absolute atomic E-state index is 13.6. The van der Waals surface area contributed by atoms with Gasteiger partial charge in [-0.3, -0.25) is 4.79 Å². The fraction of sp³-hybridized carbons (Fsp3) is 0.143. The molecule has 0 aliphatic heterocycles. The zero-order chi connectivity index (χ0) is 18.7. The fourth-order valence-corrected chi connectivity index (χ4v) is 3.18. The molecule has 12 heteroatoms. The summed E-state index contributed by atoms with van der Waals surface area (Å²) in [6, 6.07) is 4.82. The van der Waals surface area contributed by atoms with Crippen molar-refractivity contribution in [3.05, 3.63) is 65.0 Å². The molecule has 0 amide bonds. The summed E-state index contributed by atoms with van der Waals surface area (Å²) < 4.78 is 55.2. The second-order valence-electron chi connectivity index (χ2n) is 5.07. The average molecular weight is 382 g/mol. The Balaban J connectivity index is 1.73. The van der Waals surface area contributed by atoms with Crippen molar-refractivity contribution in [2.24, 2.45) is 0 Å². The Bertz CT molecular complexity index is 1080. The Kier molecular flexibility index (Phi) is 4.86. The molecule has 1 aromatic carbocycles. The molecule has 3 rings (SSSR count). The molecule has 0 atom stereocenters. The predicted molar refractivity (Wildman–Crippen MR) is 85.0 cm³/mol. The summed E-state index contributed by atoms with van der Waals surface area (Å²) in [5.74, 6) is -1.78. The minimum Gasteiger partial charge on any atom is -0.268 e. The van der Waals surface area contributed by atoms with Gasteiger partial charge in [0.25, 0.3) is 5.56 Å². The molecule has 9 nitrogen and oxygen atoms in total. The lowest BCUT2D eigenvalue weighted by atomic mass is 10.3. The number of nitrogens with zero attached hydrogens (tertiary/aromatic N) is 5. The summed E-state index contributed by atoms with van der Waals surface area (Å²) >= 11 is 0. The first-order valence-electron chi connectivity index (χ1n) is 7.25. The average Bonchev–Trinajstić information content (AvgIpc) is 3.10. The van der Waals surface area contributed by atoms with E-state index in [0.29, 0.717) is 11.9 Å². The van der Waals surface area contributed by atoms with Gasteiger partial charge in [-0.1, -0.05) is 0 Å². The van der Waals surface area contributed by atoms with E-state index in [0.717, 1.165) is 16.8 Å². The Hall–Kier alpha value is -2.99. The molecule has 0 aliphatic carbocycles. The van der Waals surface area contributed by atoms with Gasteiger partial charge >= 0.3 is 0 Å². The lowest BCUT2D eigenvalue weighted by Gasteiger charge is -2.09. The van der Waals surface area contributed by atoms with Crippen LogP contribution in [0.4, 0.5) is 8.78 Å². The van der Waals surface area contributed by atoms with Crippen molar-refractivity contribution in [2.45, 2.75) is 11.4 Å². The minimum absolute atomic E-state index is 0.108. The Morgan fingerprint density at radius 2 is 1.96 bits per heavy atom. The Labute approximate surface area is 146 Å². The van der Waals surface area contributed by atoms with Gasteiger partial charge in [0.05, 0.1) is 6.54 Å². The SMILES string of the molecule is O=c1ccc(-n2cncn2)nn1CCNS(=O)(=O)c1ccc(F)cc1F. The lowest BCUT2D eigenvalue weighted by molar-refractivity contribution is 0.528. The number of hydrogen-bond acceptors (Lipinski definition) is 6. The molecule has 0 unspecified atom stereocenters. The molecule has 1 N–H and O–H groups in total. The van der Waals surface area contributed by atoms with Crippen LogP contribution in [-0.4, -0.2) is 39.5 Å². The third-order valence-electron chi connectivity index (χ3n) is 3.31. The van der Waals surface area contributed by atoms with E-state index in [1.165, 1.54) is 29.5 Å². The number of hydrogen-bond donors (Lipinski definition) is 1. The van der Waals surface area contributed by atoms with Gasteiger partial charge in [-0.25, -0.2) is 36.3 Å². The number of halogens is 2. The van der Waals surface area contributed by atoms with Crippen molar-refractivity contribution in [1.29, 1.82) is 0 Å². The van der Waals surface area contributed by atoms with Crippen molar-refractivity contribution >= 4 is 10.0 Å². The second kappa shape index (κ2) is 7.09. The van der Waals surface area contributed by atoms with Crippen LogP contribution in [0.2, 0.25) is 0 Å². The van der Waals surface area contributed by atoms with Gasteiger partial charge in [0.15, 0.2) is 5.82 Å². The molecule has 0 saturated heterocycles. The van der Waals surface area contributed by atoms with Gasteiger partial charge in [-0.15, -0.1) is 5.10 Å². The summed E-state index contributed by atoms with van der Waals surface area (Å²) in [7, 11) is -4.21. The maximum atomic E-state index is 13.6. The van der Waals surface area contributed by atoms with Crippen molar-refractivity contribution in [1.82, 2.24) is 29.3 Å². The maximum Gasteiger partial charge on any atom is 0.266 e. The molecule has 0 saturated carbocycles. The monoisotopic (exact) mass is 382 g/mol. The molecule has 0 spiro atoms. The highest BCUT2D eigenvalue weighted by Crippen LogP contribution is 2.14. The highest BCUT2D eigenvalue weighted by atomic mass is 32.2. The molecular weight excluding hydrogens is 370 g/mol. The van der Waals surface area contributed by atoms with E-state index >= 15 is 0 Å². The van der Waals surface area contributed by atoms with Crippen LogP contribution in [0.15, 0.2) is 52.7 Å². The first-order chi connectivity index (χ1) is 12.4. The highest BCUT2D eigenvalue weighted by molar-refractivity contribution is 7.89. The van der Waals surface area contributed by atoms with Crippen molar-refractivity contribution < 1.29 is 17.2 Å². The van der Waals surface area contributed by atoms with Gasteiger partial charge in [0, 0.05) is 18.7 Å². The van der Waals surface area contributed by atoms with E-state index in [1.807, 2.05) is 0 Å². The Morgan fingerprint density at radius 3 is 2.65 bits per heavy atom. The largest absolute Gasteiger partial charge is 0.268 e. The number of rotatable bonds is 6. The molecule has 0 bridgehead atoms. The van der Waals surface area contributed by atoms with Crippen LogP contribution in [0.5, 0.6) is 0 Å². The molecule has 2 aromatic heterocycles. The van der Waals surface area contributed by atoms with Gasteiger partial charge in [0.1, 0.15) is 29.2 Å². The van der Waals surface area contributed by atoms with Crippen LogP contribution in [0, 0.1) is 11.6 Å². The molecular formula is C14H12F2N6O3S. The smallest absolute Gasteiger partial charge is 0.266 e. The standard InChI is InChI=1S/C14H12F2N6O3S/c15-10-1-2-12(11(16)7-10)26(24,25)19-5-6-21-14(23)4-3-13(20-21)22-9-17-8-18-22/h1-4,7-9,19H,5-6H2. The third kappa shape index (κ3) is 3.81. The van der Waals surface area contributed by atoms with E-state index in [4.69, 9.17) is 0 Å². The third-order valence-corrected chi connectivity index (χ3v) is 4.80. The molecule has 0 fully saturated rings. The van der Waals surface area contributed by atoms with Crippen LogP contribution in [0.1, 0.15) is 0 Å². The summed E-state index contributed by atoms with van der Waals surface area (Å²) in [6.45, 7) is -0.337. The lowest BCUT2D eigenvalue weighted by Crippen LogP contribution is -2.32. The zero-order valence-corrected chi connectivity index (χ0v) is 13.9. The van der Waals surface area contributed by atoms with Crippen LogP contribution in [0.25, 0.3) is 5.82 Å². The minimum atomic E-state index is -4.21. The van der Waals surface area contributed by atoms with Gasteiger partial charge < -0.3 is 0 Å². The second-order valence-corrected chi connectivity index (χ2v) is 6.80. The van der Waals surface area contributed by atoms with Crippen molar-refractivity contribution in [3.8, 4) is 5.82 Å². The van der Waals surface area contributed by atoms with Crippen LogP contribution < -0.4 is 10.3 Å². The summed E-state index contributed by atoms with van der Waals surface area (Å²) in [4.78, 5) is 14.9. The Morgan fingerprint density at radius 1 is 1.15 bits per heavy atom. The van der Waals surface area contributed by atoms with Crippen molar-refractivity contribution in [3.63, 3.8) is 0 Å². The van der Waals surface area contributed by atoms with Gasteiger partial charge in [-0.05, 0) is 18.2 Å². The first-order valence-corrected chi connectivity index (χ1v) is 8.73. The summed E-state index contributed by atoms with van der Waals surface area (Å²) in [5.41, 5.74) is -0.457. The van der Waals surface area contributed by atoms with E-state index in [2.05, 4.69) is 19.9 Å².